The second kappa shape index (κ2) is 5.92. The summed E-state index contributed by atoms with van der Waals surface area (Å²) >= 11 is 0. The van der Waals surface area contributed by atoms with Crippen LogP contribution >= 0.6 is 0 Å². The lowest BCUT2D eigenvalue weighted by Gasteiger charge is -2.42. The van der Waals surface area contributed by atoms with Crippen molar-refractivity contribution in [2.45, 2.75) is 24.5 Å². The minimum absolute atomic E-state index is 0.172. The Morgan fingerprint density at radius 1 is 1.37 bits per heavy atom. The Labute approximate surface area is 110 Å². The molecule has 19 heavy (non-hydrogen) atoms. The van der Waals surface area contributed by atoms with Crippen LogP contribution in [0.4, 0.5) is 8.78 Å². The summed E-state index contributed by atoms with van der Waals surface area (Å²) in [6, 6.07) is 2.70. The monoisotopic (exact) mass is 272 g/mol. The number of methoxy groups -OCH3 is 1. The van der Waals surface area contributed by atoms with E-state index in [0.717, 1.165) is 18.2 Å². The molecule has 0 saturated carbocycles. The third-order valence-electron chi connectivity index (χ3n) is 3.71. The Morgan fingerprint density at radius 3 is 2.63 bits per heavy atom. The Balaban J connectivity index is 2.39. The molecule has 2 rings (SSSR count). The fraction of sp³-hybridized carbons (Fsp3) is 0.538. The van der Waals surface area contributed by atoms with E-state index in [9.17, 15) is 8.78 Å². The molecule has 106 valence electrons. The van der Waals surface area contributed by atoms with E-state index in [-0.39, 0.29) is 5.56 Å². The van der Waals surface area contributed by atoms with Crippen molar-refractivity contribution in [3.8, 4) is 0 Å². The Morgan fingerprint density at radius 2 is 2.05 bits per heavy atom. The Kier molecular flexibility index (Phi) is 4.46. The van der Waals surface area contributed by atoms with Gasteiger partial charge in [-0.1, -0.05) is 0 Å². The molecule has 0 radical (unpaired) electrons. The molecule has 1 saturated heterocycles. The van der Waals surface area contributed by atoms with Gasteiger partial charge in [0.05, 0.1) is 11.6 Å². The SMILES string of the molecule is COC1(C(NN)c2cc(F)ccc2F)CCOCC1. The van der Waals surface area contributed by atoms with E-state index in [1.807, 2.05) is 0 Å². The van der Waals surface area contributed by atoms with Crippen molar-refractivity contribution < 1.29 is 18.3 Å². The molecule has 6 heteroatoms. The molecule has 3 N–H and O–H groups in total. The molecule has 1 aliphatic heterocycles. The van der Waals surface area contributed by atoms with Crippen LogP contribution in [0.3, 0.4) is 0 Å². The molecule has 1 atom stereocenters. The minimum Gasteiger partial charge on any atom is -0.381 e. The van der Waals surface area contributed by atoms with Gasteiger partial charge in [-0.3, -0.25) is 5.84 Å². The molecule has 1 heterocycles. The number of hydrogen-bond acceptors (Lipinski definition) is 4. The quantitative estimate of drug-likeness (QED) is 0.646. The summed E-state index contributed by atoms with van der Waals surface area (Å²) in [5.74, 6) is 4.54. The van der Waals surface area contributed by atoms with Crippen LogP contribution in [0.15, 0.2) is 18.2 Å². The van der Waals surface area contributed by atoms with Crippen LogP contribution in [0.2, 0.25) is 0 Å². The van der Waals surface area contributed by atoms with Crippen LogP contribution in [-0.2, 0) is 9.47 Å². The van der Waals surface area contributed by atoms with E-state index in [0.29, 0.717) is 26.1 Å². The zero-order valence-corrected chi connectivity index (χ0v) is 10.8. The van der Waals surface area contributed by atoms with Crippen LogP contribution in [0.1, 0.15) is 24.4 Å². The lowest BCUT2D eigenvalue weighted by Crippen LogP contribution is -2.51. The number of hydrazine groups is 1. The molecular weight excluding hydrogens is 254 g/mol. The summed E-state index contributed by atoms with van der Waals surface area (Å²) in [6.07, 6.45) is 1.13. The number of benzene rings is 1. The molecule has 0 amide bonds. The molecule has 4 nitrogen and oxygen atoms in total. The van der Waals surface area contributed by atoms with E-state index in [1.54, 1.807) is 7.11 Å². The van der Waals surface area contributed by atoms with Gasteiger partial charge in [0, 0.05) is 38.7 Å². The molecule has 0 aromatic heterocycles. The third kappa shape index (κ3) is 2.76. The topological polar surface area (TPSA) is 56.5 Å². The zero-order valence-electron chi connectivity index (χ0n) is 10.8. The molecular formula is C13H18F2N2O2. The van der Waals surface area contributed by atoms with E-state index < -0.39 is 23.3 Å². The highest BCUT2D eigenvalue weighted by molar-refractivity contribution is 5.25. The smallest absolute Gasteiger partial charge is 0.128 e. The van der Waals surface area contributed by atoms with E-state index in [2.05, 4.69) is 5.43 Å². The lowest BCUT2D eigenvalue weighted by molar-refractivity contribution is -0.112. The summed E-state index contributed by atoms with van der Waals surface area (Å²) < 4.78 is 38.1. The van der Waals surface area contributed by atoms with Crippen molar-refractivity contribution in [3.05, 3.63) is 35.4 Å². The first kappa shape index (κ1) is 14.3. The van der Waals surface area contributed by atoms with Gasteiger partial charge in [0.2, 0.25) is 0 Å². The van der Waals surface area contributed by atoms with Gasteiger partial charge in [-0.15, -0.1) is 0 Å². The molecule has 0 bridgehead atoms. The Bertz CT molecular complexity index is 437. The van der Waals surface area contributed by atoms with Gasteiger partial charge >= 0.3 is 0 Å². The number of halogens is 2. The average molecular weight is 272 g/mol. The van der Waals surface area contributed by atoms with Gasteiger partial charge in [0.1, 0.15) is 11.6 Å². The largest absolute Gasteiger partial charge is 0.381 e. The second-order valence-corrected chi connectivity index (χ2v) is 4.65. The molecule has 1 aromatic carbocycles. The zero-order chi connectivity index (χ0) is 13.9. The van der Waals surface area contributed by atoms with Crippen molar-refractivity contribution in [1.82, 2.24) is 5.43 Å². The summed E-state index contributed by atoms with van der Waals surface area (Å²) in [7, 11) is 1.55. The van der Waals surface area contributed by atoms with Gasteiger partial charge in [-0.25, -0.2) is 14.2 Å². The first-order chi connectivity index (χ1) is 9.13. The average Bonchev–Trinajstić information content (AvgIpc) is 2.44. The van der Waals surface area contributed by atoms with Crippen molar-refractivity contribution in [2.75, 3.05) is 20.3 Å². The number of nitrogens with one attached hydrogen (secondary N) is 1. The maximum atomic E-state index is 13.9. The summed E-state index contributed by atoms with van der Waals surface area (Å²) in [5, 5.41) is 0. The van der Waals surface area contributed by atoms with Crippen molar-refractivity contribution >= 4 is 0 Å². The number of nitrogens with two attached hydrogens (primary N) is 1. The highest BCUT2D eigenvalue weighted by Crippen LogP contribution is 2.37. The second-order valence-electron chi connectivity index (χ2n) is 4.65. The molecule has 0 aliphatic carbocycles. The van der Waals surface area contributed by atoms with Crippen molar-refractivity contribution in [2.24, 2.45) is 5.84 Å². The fourth-order valence-electron chi connectivity index (χ4n) is 2.59. The van der Waals surface area contributed by atoms with Crippen LogP contribution in [0.5, 0.6) is 0 Å². The first-order valence-corrected chi connectivity index (χ1v) is 6.17. The van der Waals surface area contributed by atoms with E-state index in [4.69, 9.17) is 15.3 Å². The molecule has 1 fully saturated rings. The highest BCUT2D eigenvalue weighted by atomic mass is 19.1. The summed E-state index contributed by atoms with van der Waals surface area (Å²) in [6.45, 7) is 1.01. The lowest BCUT2D eigenvalue weighted by atomic mass is 9.82. The third-order valence-corrected chi connectivity index (χ3v) is 3.71. The van der Waals surface area contributed by atoms with Crippen molar-refractivity contribution in [3.63, 3.8) is 0 Å². The molecule has 1 unspecified atom stereocenters. The van der Waals surface area contributed by atoms with Gasteiger partial charge in [0.15, 0.2) is 0 Å². The number of hydrogen-bond donors (Lipinski definition) is 2. The number of rotatable bonds is 4. The summed E-state index contributed by atoms with van der Waals surface area (Å²) in [5.41, 5.74) is 2.04. The predicted octanol–water partition coefficient (Wildman–Crippen LogP) is 1.66. The van der Waals surface area contributed by atoms with Crippen LogP contribution < -0.4 is 11.3 Å². The van der Waals surface area contributed by atoms with Gasteiger partial charge < -0.3 is 9.47 Å². The van der Waals surface area contributed by atoms with Crippen LogP contribution in [0, 0.1) is 11.6 Å². The maximum Gasteiger partial charge on any atom is 0.128 e. The van der Waals surface area contributed by atoms with Crippen molar-refractivity contribution in [1.29, 1.82) is 0 Å². The maximum absolute atomic E-state index is 13.9. The number of ether oxygens (including phenoxy) is 2. The molecule has 1 aliphatic rings. The fourth-order valence-corrected chi connectivity index (χ4v) is 2.59. The minimum atomic E-state index is -0.693. The normalized spacial score (nSPS) is 20.2. The van der Waals surface area contributed by atoms with Gasteiger partial charge in [-0.05, 0) is 18.2 Å². The van der Waals surface area contributed by atoms with Gasteiger partial charge in [-0.2, -0.15) is 0 Å². The van der Waals surface area contributed by atoms with E-state index in [1.165, 1.54) is 0 Å². The van der Waals surface area contributed by atoms with E-state index >= 15 is 0 Å². The molecule has 1 aromatic rings. The Hall–Kier alpha value is -1.08. The van der Waals surface area contributed by atoms with Gasteiger partial charge in [0.25, 0.3) is 0 Å². The molecule has 0 spiro atoms. The predicted molar refractivity (Wildman–Crippen MR) is 66.2 cm³/mol. The summed E-state index contributed by atoms with van der Waals surface area (Å²) in [4.78, 5) is 0. The highest BCUT2D eigenvalue weighted by Gasteiger charge is 2.42. The van der Waals surface area contributed by atoms with Crippen LogP contribution in [-0.4, -0.2) is 25.9 Å². The van der Waals surface area contributed by atoms with Crippen LogP contribution in [0.25, 0.3) is 0 Å². The first-order valence-electron chi connectivity index (χ1n) is 6.17. The standard InChI is InChI=1S/C13H18F2N2O2/c1-18-13(4-6-19-7-5-13)12(17-16)10-8-9(14)2-3-11(10)15/h2-3,8,12,17H,4-7,16H2,1H3.